The van der Waals surface area contributed by atoms with E-state index >= 15 is 0 Å². The second-order valence-corrected chi connectivity index (χ2v) is 8.72. The van der Waals surface area contributed by atoms with Gasteiger partial charge in [0.15, 0.2) is 0 Å². The topological polar surface area (TPSA) is 64.9 Å². The van der Waals surface area contributed by atoms with E-state index in [2.05, 4.69) is 31.2 Å². The van der Waals surface area contributed by atoms with Crippen molar-refractivity contribution in [3.63, 3.8) is 0 Å². The Morgan fingerprint density at radius 2 is 1.63 bits per heavy atom. The number of carbonyl (C=O) groups is 2. The number of amides is 1. The quantitative estimate of drug-likeness (QED) is 0.813. The minimum absolute atomic E-state index is 0.0774. The highest BCUT2D eigenvalue weighted by molar-refractivity contribution is 5.85. The van der Waals surface area contributed by atoms with Gasteiger partial charge in [0, 0.05) is 23.4 Å². The van der Waals surface area contributed by atoms with Gasteiger partial charge in [0.25, 0.3) is 0 Å². The van der Waals surface area contributed by atoms with E-state index < -0.39 is 11.9 Å². The molecular formula is C22H30N2O3. The van der Waals surface area contributed by atoms with E-state index in [-0.39, 0.29) is 23.7 Å². The average molecular weight is 370 g/mol. The standard InChI is InChI=1S/C22H30N2O3/c1-15-4-2-3-5-18(15)14-23-10-12-24(13-11-23)21(25)19-16-6-8-17(9-7-16)20(19)22(26)27/h2-5,16-17,19-20H,6-14H2,1H3,(H,26,27)/t16?,17?,19-,20+/m0/s1. The van der Waals surface area contributed by atoms with Crippen molar-refractivity contribution in [3.8, 4) is 0 Å². The second-order valence-electron chi connectivity index (χ2n) is 8.72. The molecule has 1 N–H and O–H groups in total. The fraction of sp³-hybridized carbons (Fsp3) is 0.636. The number of hydrogen-bond donors (Lipinski definition) is 1. The molecule has 5 rings (SSSR count). The highest BCUT2D eigenvalue weighted by atomic mass is 16.4. The van der Waals surface area contributed by atoms with E-state index in [1.165, 1.54) is 16.0 Å². The van der Waals surface area contributed by atoms with E-state index in [9.17, 15) is 14.7 Å². The fourth-order valence-corrected chi connectivity index (χ4v) is 5.65. The van der Waals surface area contributed by atoms with Gasteiger partial charge in [-0.15, -0.1) is 0 Å². The van der Waals surface area contributed by atoms with Gasteiger partial charge in [0.05, 0.1) is 26.2 Å². The van der Waals surface area contributed by atoms with Crippen LogP contribution in [0.3, 0.4) is 0 Å². The summed E-state index contributed by atoms with van der Waals surface area (Å²) < 4.78 is 0. The summed E-state index contributed by atoms with van der Waals surface area (Å²) in [5.74, 6) is -1.47. The molecule has 0 spiro atoms. The maximum absolute atomic E-state index is 13.2. The van der Waals surface area contributed by atoms with Gasteiger partial charge < -0.3 is 19.7 Å². The first-order chi connectivity index (χ1) is 13.0. The Bertz CT molecular complexity index is 703. The first kappa shape index (κ1) is 18.5. The molecule has 2 atom stereocenters. The van der Waals surface area contributed by atoms with Crippen LogP contribution in [0, 0.1) is 30.6 Å². The number of quaternary nitrogens is 1. The molecule has 5 nitrogen and oxygen atoms in total. The third kappa shape index (κ3) is 3.62. The maximum Gasteiger partial charge on any atom is 0.227 e. The monoisotopic (exact) mass is 370 g/mol. The average Bonchev–Trinajstić information content (AvgIpc) is 2.70. The van der Waals surface area contributed by atoms with Gasteiger partial charge in [-0.05, 0) is 50.0 Å². The number of carbonyl (C=O) groups excluding carboxylic acids is 2. The van der Waals surface area contributed by atoms with Crippen LogP contribution in [0.2, 0.25) is 0 Å². The van der Waals surface area contributed by atoms with Crippen molar-refractivity contribution in [3.05, 3.63) is 35.4 Å². The molecule has 146 valence electrons. The van der Waals surface area contributed by atoms with Gasteiger partial charge in [-0.3, -0.25) is 4.79 Å². The molecule has 1 aromatic rings. The Hall–Kier alpha value is -1.88. The lowest BCUT2D eigenvalue weighted by molar-refractivity contribution is -0.917. The van der Waals surface area contributed by atoms with Crippen LogP contribution in [-0.2, 0) is 16.1 Å². The van der Waals surface area contributed by atoms with Crippen LogP contribution >= 0.6 is 0 Å². The summed E-state index contributed by atoms with van der Waals surface area (Å²) in [4.78, 5) is 28.4. The van der Waals surface area contributed by atoms with Crippen LogP contribution in [0.25, 0.3) is 0 Å². The number of carboxylic acid groups (broad SMARTS) is 1. The van der Waals surface area contributed by atoms with Crippen molar-refractivity contribution in [1.82, 2.24) is 4.90 Å². The zero-order valence-electron chi connectivity index (χ0n) is 16.2. The third-order valence-electron chi connectivity index (χ3n) is 7.26. The lowest BCUT2D eigenvalue weighted by Crippen LogP contribution is -3.13. The van der Waals surface area contributed by atoms with E-state index in [1.807, 2.05) is 4.90 Å². The molecule has 3 aliphatic carbocycles. The molecule has 1 aromatic carbocycles. The minimum atomic E-state index is -1.01. The summed E-state index contributed by atoms with van der Waals surface area (Å²) in [6.07, 6.45) is 3.90. The number of benzene rings is 1. The van der Waals surface area contributed by atoms with Crippen molar-refractivity contribution in [2.75, 3.05) is 26.2 Å². The lowest BCUT2D eigenvalue weighted by Gasteiger charge is -2.49. The van der Waals surface area contributed by atoms with Gasteiger partial charge >= 0.3 is 0 Å². The van der Waals surface area contributed by atoms with Gasteiger partial charge in [-0.1, -0.05) is 24.3 Å². The summed E-state index contributed by atoms with van der Waals surface area (Å²) in [7, 11) is 0. The summed E-state index contributed by atoms with van der Waals surface area (Å²) in [5.41, 5.74) is 2.69. The number of aliphatic carboxylic acids is 1. The Morgan fingerprint density at radius 3 is 2.22 bits per heavy atom. The predicted molar refractivity (Wildman–Crippen MR) is 99.6 cm³/mol. The molecule has 5 heteroatoms. The molecule has 0 radical (unpaired) electrons. The number of piperazine rings is 1. The van der Waals surface area contributed by atoms with Gasteiger partial charge in [0.1, 0.15) is 6.54 Å². The first-order valence-corrected chi connectivity index (χ1v) is 10.4. The normalized spacial score (nSPS) is 31.1. The van der Waals surface area contributed by atoms with E-state index in [0.717, 1.165) is 58.4 Å². The van der Waals surface area contributed by atoms with Crippen molar-refractivity contribution in [1.29, 1.82) is 0 Å². The van der Waals surface area contributed by atoms with E-state index in [4.69, 9.17) is 0 Å². The summed E-state index contributed by atoms with van der Waals surface area (Å²) in [5, 5.41) is 11.7. The zero-order chi connectivity index (χ0) is 19.0. The Kier molecular flexibility index (Phi) is 5.22. The SMILES string of the molecule is Cc1ccccc1C[NH+]1CCN(C(=O)[C@H]2C3CCC(CC3)[C@H]2C(=O)[O-])CC1. The van der Waals surface area contributed by atoms with Crippen LogP contribution in [-0.4, -0.2) is 43.0 Å². The molecule has 27 heavy (non-hydrogen) atoms. The molecule has 1 amide bonds. The summed E-state index contributed by atoms with van der Waals surface area (Å²) in [6.45, 7) is 6.45. The molecule has 1 heterocycles. The smallest absolute Gasteiger partial charge is 0.227 e. The van der Waals surface area contributed by atoms with Crippen LogP contribution in [0.4, 0.5) is 0 Å². The van der Waals surface area contributed by atoms with Crippen molar-refractivity contribution < 1.29 is 19.6 Å². The molecule has 2 bridgehead atoms. The molecule has 4 fully saturated rings. The number of fused-ring (bicyclic) bond motifs is 3. The molecular weight excluding hydrogens is 340 g/mol. The predicted octanol–water partition coefficient (Wildman–Crippen LogP) is 0.0244. The molecule has 1 saturated heterocycles. The van der Waals surface area contributed by atoms with Crippen LogP contribution in [0.1, 0.15) is 36.8 Å². The van der Waals surface area contributed by atoms with Gasteiger partial charge in [0.2, 0.25) is 5.91 Å². The van der Waals surface area contributed by atoms with Gasteiger partial charge in [-0.2, -0.15) is 0 Å². The second kappa shape index (κ2) is 7.63. The molecule has 0 aromatic heterocycles. The number of aryl methyl sites for hydroxylation is 1. The van der Waals surface area contributed by atoms with Crippen molar-refractivity contribution >= 4 is 11.9 Å². The van der Waals surface area contributed by atoms with Crippen LogP contribution in [0.5, 0.6) is 0 Å². The highest BCUT2D eigenvalue weighted by Gasteiger charge is 2.49. The lowest BCUT2D eigenvalue weighted by atomic mass is 9.58. The van der Waals surface area contributed by atoms with Crippen LogP contribution < -0.4 is 10.0 Å². The molecule has 0 unspecified atom stereocenters. The number of rotatable bonds is 4. The van der Waals surface area contributed by atoms with Gasteiger partial charge in [-0.25, -0.2) is 0 Å². The minimum Gasteiger partial charge on any atom is -0.550 e. The number of carboxylic acids is 1. The summed E-state index contributed by atoms with van der Waals surface area (Å²) >= 11 is 0. The fourth-order valence-electron chi connectivity index (χ4n) is 5.65. The Morgan fingerprint density at radius 1 is 1.04 bits per heavy atom. The van der Waals surface area contributed by atoms with E-state index in [1.54, 1.807) is 0 Å². The molecule has 3 saturated carbocycles. The number of hydrogen-bond acceptors (Lipinski definition) is 3. The number of nitrogens with zero attached hydrogens (tertiary/aromatic N) is 1. The maximum atomic E-state index is 13.2. The first-order valence-electron chi connectivity index (χ1n) is 10.4. The third-order valence-corrected chi connectivity index (χ3v) is 7.26. The highest BCUT2D eigenvalue weighted by Crippen LogP contribution is 2.49. The Balaban J connectivity index is 1.38. The summed E-state index contributed by atoms with van der Waals surface area (Å²) in [6, 6.07) is 8.48. The van der Waals surface area contributed by atoms with Crippen LogP contribution in [0.15, 0.2) is 24.3 Å². The Labute approximate surface area is 161 Å². The zero-order valence-corrected chi connectivity index (χ0v) is 16.2. The van der Waals surface area contributed by atoms with E-state index in [0.29, 0.717) is 0 Å². The largest absolute Gasteiger partial charge is 0.550 e. The molecule has 1 aliphatic heterocycles. The molecule has 4 aliphatic rings. The van der Waals surface area contributed by atoms with Crippen molar-refractivity contribution in [2.45, 2.75) is 39.2 Å². The van der Waals surface area contributed by atoms with Crippen molar-refractivity contribution in [2.24, 2.45) is 23.7 Å². The number of nitrogens with one attached hydrogen (secondary N) is 1.